The molecule has 2 rings (SSSR count). The van der Waals surface area contributed by atoms with Gasteiger partial charge < -0.3 is 9.47 Å². The zero-order valence-electron chi connectivity index (χ0n) is 11.1. The van der Waals surface area contributed by atoms with Crippen LogP contribution in [0.25, 0.3) is 0 Å². The summed E-state index contributed by atoms with van der Waals surface area (Å²) in [6.07, 6.45) is 1.71. The first-order valence-electron chi connectivity index (χ1n) is 6.62. The highest BCUT2D eigenvalue weighted by Crippen LogP contribution is 2.36. The Labute approximate surface area is 114 Å². The molecular formula is C15H21ClO2. The Morgan fingerprint density at radius 3 is 2.28 bits per heavy atom. The number of halogens is 1. The number of rotatable bonds is 5. The monoisotopic (exact) mass is 268 g/mol. The van der Waals surface area contributed by atoms with Crippen LogP contribution in [0.3, 0.4) is 0 Å². The minimum atomic E-state index is -0.565. The summed E-state index contributed by atoms with van der Waals surface area (Å²) in [4.78, 5) is 0. The van der Waals surface area contributed by atoms with Crippen LogP contribution >= 0.6 is 11.6 Å². The lowest BCUT2D eigenvalue weighted by Gasteiger charge is -2.28. The maximum atomic E-state index is 5.85. The van der Waals surface area contributed by atoms with Crippen molar-refractivity contribution in [1.29, 1.82) is 0 Å². The third-order valence-electron chi connectivity index (χ3n) is 3.41. The molecule has 0 amide bonds. The standard InChI is InChI=1S/C15H21ClO2/c1-12(2)13-4-6-14(7-5-13)15(8-3-9-16)17-10-11-18-15/h4-7,12H,3,8-11H2,1-2H3. The SMILES string of the molecule is CC(C)c1ccc(C2(CCCCl)OCCO2)cc1. The van der Waals surface area contributed by atoms with E-state index in [9.17, 15) is 0 Å². The van der Waals surface area contributed by atoms with Gasteiger partial charge in [0.2, 0.25) is 0 Å². The van der Waals surface area contributed by atoms with Crippen LogP contribution in [0, 0.1) is 0 Å². The van der Waals surface area contributed by atoms with E-state index in [1.54, 1.807) is 0 Å². The Bertz CT molecular complexity index is 367. The van der Waals surface area contributed by atoms with Crippen molar-refractivity contribution in [2.45, 2.75) is 38.4 Å². The Morgan fingerprint density at radius 2 is 1.78 bits per heavy atom. The second kappa shape index (κ2) is 6.05. The third kappa shape index (κ3) is 2.87. The molecule has 1 fully saturated rings. The summed E-state index contributed by atoms with van der Waals surface area (Å²) in [6.45, 7) is 5.71. The lowest BCUT2D eigenvalue weighted by Crippen LogP contribution is -2.27. The van der Waals surface area contributed by atoms with E-state index in [1.807, 2.05) is 0 Å². The molecule has 1 aromatic rings. The van der Waals surface area contributed by atoms with Crippen molar-refractivity contribution in [2.24, 2.45) is 0 Å². The average molecular weight is 269 g/mol. The van der Waals surface area contributed by atoms with Crippen molar-refractivity contribution in [3.63, 3.8) is 0 Å². The van der Waals surface area contributed by atoms with Crippen LogP contribution in [0.5, 0.6) is 0 Å². The predicted octanol–water partition coefficient (Wildman–Crippen LogP) is 4.03. The molecule has 0 unspecified atom stereocenters. The van der Waals surface area contributed by atoms with Crippen molar-refractivity contribution in [3.8, 4) is 0 Å². The van der Waals surface area contributed by atoms with Crippen LogP contribution in [0.15, 0.2) is 24.3 Å². The van der Waals surface area contributed by atoms with Gasteiger partial charge in [0.25, 0.3) is 0 Å². The summed E-state index contributed by atoms with van der Waals surface area (Å²) in [7, 11) is 0. The molecule has 18 heavy (non-hydrogen) atoms. The van der Waals surface area contributed by atoms with Crippen molar-refractivity contribution in [3.05, 3.63) is 35.4 Å². The van der Waals surface area contributed by atoms with Gasteiger partial charge in [0, 0.05) is 17.9 Å². The second-order valence-electron chi connectivity index (χ2n) is 5.02. The number of ether oxygens (including phenoxy) is 2. The smallest absolute Gasteiger partial charge is 0.195 e. The summed E-state index contributed by atoms with van der Waals surface area (Å²) in [5.74, 6) is 0.617. The highest BCUT2D eigenvalue weighted by molar-refractivity contribution is 6.17. The molecule has 1 heterocycles. The van der Waals surface area contributed by atoms with E-state index in [0.717, 1.165) is 18.4 Å². The first-order chi connectivity index (χ1) is 8.68. The van der Waals surface area contributed by atoms with Gasteiger partial charge in [0.1, 0.15) is 0 Å². The molecular weight excluding hydrogens is 248 g/mol. The van der Waals surface area contributed by atoms with E-state index in [-0.39, 0.29) is 0 Å². The molecule has 100 valence electrons. The van der Waals surface area contributed by atoms with Gasteiger partial charge in [-0.1, -0.05) is 38.1 Å². The van der Waals surface area contributed by atoms with Gasteiger partial charge in [-0.15, -0.1) is 11.6 Å². The first-order valence-corrected chi connectivity index (χ1v) is 7.16. The maximum absolute atomic E-state index is 5.85. The molecule has 0 spiro atoms. The third-order valence-corrected chi connectivity index (χ3v) is 3.68. The van der Waals surface area contributed by atoms with E-state index >= 15 is 0 Å². The molecule has 1 aromatic carbocycles. The fraction of sp³-hybridized carbons (Fsp3) is 0.600. The second-order valence-corrected chi connectivity index (χ2v) is 5.40. The molecule has 1 aliphatic rings. The lowest BCUT2D eigenvalue weighted by molar-refractivity contribution is -0.170. The molecule has 0 atom stereocenters. The van der Waals surface area contributed by atoms with Gasteiger partial charge >= 0.3 is 0 Å². The zero-order chi connectivity index (χ0) is 13.0. The van der Waals surface area contributed by atoms with Gasteiger partial charge in [-0.3, -0.25) is 0 Å². The summed E-state index contributed by atoms with van der Waals surface area (Å²) < 4.78 is 11.7. The van der Waals surface area contributed by atoms with Crippen molar-refractivity contribution in [2.75, 3.05) is 19.1 Å². The summed E-state index contributed by atoms with van der Waals surface area (Å²) >= 11 is 5.79. The fourth-order valence-corrected chi connectivity index (χ4v) is 2.47. The summed E-state index contributed by atoms with van der Waals surface area (Å²) in [6, 6.07) is 8.56. The van der Waals surface area contributed by atoms with Gasteiger partial charge in [0.05, 0.1) is 13.2 Å². The van der Waals surface area contributed by atoms with Gasteiger partial charge in [-0.2, -0.15) is 0 Å². The van der Waals surface area contributed by atoms with Crippen LogP contribution in [0.4, 0.5) is 0 Å². The van der Waals surface area contributed by atoms with E-state index in [2.05, 4.69) is 38.1 Å². The van der Waals surface area contributed by atoms with Crippen LogP contribution in [0.1, 0.15) is 43.7 Å². The first kappa shape index (κ1) is 13.9. The molecule has 0 bridgehead atoms. The number of alkyl halides is 1. The molecule has 2 nitrogen and oxygen atoms in total. The molecule has 0 saturated carbocycles. The van der Waals surface area contributed by atoms with E-state index in [1.165, 1.54) is 5.56 Å². The van der Waals surface area contributed by atoms with Crippen LogP contribution in [-0.2, 0) is 15.3 Å². The molecule has 1 saturated heterocycles. The predicted molar refractivity (Wildman–Crippen MR) is 74.1 cm³/mol. The Morgan fingerprint density at radius 1 is 1.17 bits per heavy atom. The minimum Gasteiger partial charge on any atom is -0.343 e. The maximum Gasteiger partial charge on any atom is 0.195 e. The minimum absolute atomic E-state index is 0.545. The molecule has 1 aliphatic heterocycles. The number of hydrogen-bond acceptors (Lipinski definition) is 2. The summed E-state index contributed by atoms with van der Waals surface area (Å²) in [5, 5.41) is 0. The summed E-state index contributed by atoms with van der Waals surface area (Å²) in [5.41, 5.74) is 2.44. The zero-order valence-corrected chi connectivity index (χ0v) is 11.9. The number of hydrogen-bond donors (Lipinski definition) is 0. The Balaban J connectivity index is 2.20. The van der Waals surface area contributed by atoms with Gasteiger partial charge in [-0.05, 0) is 17.9 Å². The van der Waals surface area contributed by atoms with Crippen LogP contribution in [-0.4, -0.2) is 19.1 Å². The molecule has 0 N–H and O–H groups in total. The molecule has 3 heteroatoms. The molecule has 0 aliphatic carbocycles. The normalized spacial score (nSPS) is 18.4. The van der Waals surface area contributed by atoms with E-state index < -0.39 is 5.79 Å². The largest absolute Gasteiger partial charge is 0.343 e. The van der Waals surface area contributed by atoms with E-state index in [4.69, 9.17) is 21.1 Å². The number of benzene rings is 1. The van der Waals surface area contributed by atoms with Gasteiger partial charge in [0.15, 0.2) is 5.79 Å². The molecule has 0 aromatic heterocycles. The molecule has 0 radical (unpaired) electrons. The highest BCUT2D eigenvalue weighted by atomic mass is 35.5. The van der Waals surface area contributed by atoms with Crippen molar-refractivity contribution in [1.82, 2.24) is 0 Å². The van der Waals surface area contributed by atoms with Gasteiger partial charge in [-0.25, -0.2) is 0 Å². The average Bonchev–Trinajstić information content (AvgIpc) is 2.86. The highest BCUT2D eigenvalue weighted by Gasteiger charge is 2.37. The van der Waals surface area contributed by atoms with Crippen molar-refractivity contribution >= 4 is 11.6 Å². The quantitative estimate of drug-likeness (QED) is 0.751. The lowest BCUT2D eigenvalue weighted by atomic mass is 9.96. The fourth-order valence-electron chi connectivity index (χ4n) is 2.33. The Kier molecular flexibility index (Phi) is 4.66. The van der Waals surface area contributed by atoms with Crippen LogP contribution < -0.4 is 0 Å². The topological polar surface area (TPSA) is 18.5 Å². The van der Waals surface area contributed by atoms with Crippen LogP contribution in [0.2, 0.25) is 0 Å². The van der Waals surface area contributed by atoms with Crippen molar-refractivity contribution < 1.29 is 9.47 Å². The van der Waals surface area contributed by atoms with E-state index in [0.29, 0.717) is 25.0 Å². The Hall–Kier alpha value is -0.570.